The molecule has 1 aromatic rings. The fourth-order valence-corrected chi connectivity index (χ4v) is 1.28. The van der Waals surface area contributed by atoms with Gasteiger partial charge in [0.1, 0.15) is 5.82 Å². The Hall–Kier alpha value is -1.69. The third-order valence-electron chi connectivity index (χ3n) is 2.07. The van der Waals surface area contributed by atoms with E-state index in [1.54, 1.807) is 0 Å². The second-order valence-corrected chi connectivity index (χ2v) is 3.21. The molecule has 0 aliphatic heterocycles. The predicted molar refractivity (Wildman–Crippen MR) is 52.1 cm³/mol. The maximum atomic E-state index is 13.3. The number of carboxylic acid groups (broad SMARTS) is 1. The van der Waals surface area contributed by atoms with Gasteiger partial charge in [-0.15, -0.1) is 0 Å². The topological polar surface area (TPSA) is 72.5 Å². The van der Waals surface area contributed by atoms with Gasteiger partial charge in [0, 0.05) is 17.7 Å². The Morgan fingerprint density at radius 3 is 2.62 bits per heavy atom. The molecule has 16 heavy (non-hydrogen) atoms. The number of nitrogens with two attached hydrogens (primary N) is 1. The number of hydrogen-bond donors (Lipinski definition) is 2. The van der Waals surface area contributed by atoms with Gasteiger partial charge >= 0.3 is 5.97 Å². The van der Waals surface area contributed by atoms with Crippen LogP contribution < -0.4 is 10.5 Å². The summed E-state index contributed by atoms with van der Waals surface area (Å²) >= 11 is 0. The van der Waals surface area contributed by atoms with E-state index in [0.717, 1.165) is 6.07 Å². The van der Waals surface area contributed by atoms with Crippen LogP contribution in [0.3, 0.4) is 0 Å². The first kappa shape index (κ1) is 12.4. The Kier molecular flexibility index (Phi) is 3.78. The highest BCUT2D eigenvalue weighted by atomic mass is 19.1. The molecule has 0 saturated carbocycles. The second-order valence-electron chi connectivity index (χ2n) is 3.21. The average Bonchev–Trinajstić information content (AvgIpc) is 2.16. The van der Waals surface area contributed by atoms with Crippen molar-refractivity contribution in [2.24, 2.45) is 5.73 Å². The van der Waals surface area contributed by atoms with Crippen LogP contribution in [0.5, 0.6) is 5.75 Å². The molecule has 1 unspecified atom stereocenters. The zero-order valence-electron chi connectivity index (χ0n) is 8.54. The SMILES string of the molecule is COc1cc(C(N)CC(=O)O)c(F)cc1F. The first-order valence-electron chi connectivity index (χ1n) is 4.46. The van der Waals surface area contributed by atoms with Crippen molar-refractivity contribution in [3.63, 3.8) is 0 Å². The van der Waals surface area contributed by atoms with Crippen LogP contribution >= 0.6 is 0 Å². The molecule has 1 aromatic carbocycles. The van der Waals surface area contributed by atoms with Gasteiger partial charge < -0.3 is 15.6 Å². The summed E-state index contributed by atoms with van der Waals surface area (Å²) in [7, 11) is 1.23. The van der Waals surface area contributed by atoms with Crippen LogP contribution in [-0.2, 0) is 4.79 Å². The fourth-order valence-electron chi connectivity index (χ4n) is 1.28. The molecule has 6 heteroatoms. The van der Waals surface area contributed by atoms with Gasteiger partial charge in [-0.25, -0.2) is 8.78 Å². The molecular weight excluding hydrogens is 220 g/mol. The number of carboxylic acids is 1. The molecule has 0 amide bonds. The third kappa shape index (κ3) is 2.66. The van der Waals surface area contributed by atoms with E-state index in [1.165, 1.54) is 7.11 Å². The molecule has 0 aliphatic rings. The van der Waals surface area contributed by atoms with Crippen LogP contribution in [-0.4, -0.2) is 18.2 Å². The fraction of sp³-hybridized carbons (Fsp3) is 0.300. The van der Waals surface area contributed by atoms with Gasteiger partial charge in [-0.3, -0.25) is 4.79 Å². The number of ether oxygens (including phenoxy) is 1. The van der Waals surface area contributed by atoms with Gasteiger partial charge in [0.25, 0.3) is 0 Å². The van der Waals surface area contributed by atoms with Crippen molar-refractivity contribution in [1.29, 1.82) is 0 Å². The number of carbonyl (C=O) groups is 1. The van der Waals surface area contributed by atoms with Crippen LogP contribution in [0.15, 0.2) is 12.1 Å². The van der Waals surface area contributed by atoms with Crippen LogP contribution in [0.4, 0.5) is 8.78 Å². The normalized spacial score (nSPS) is 12.2. The lowest BCUT2D eigenvalue weighted by atomic mass is 10.0. The third-order valence-corrected chi connectivity index (χ3v) is 2.07. The number of hydrogen-bond acceptors (Lipinski definition) is 3. The van der Waals surface area contributed by atoms with Crippen molar-refractivity contribution in [2.45, 2.75) is 12.5 Å². The summed E-state index contributed by atoms with van der Waals surface area (Å²) in [6.07, 6.45) is -0.439. The van der Waals surface area contributed by atoms with Crippen molar-refractivity contribution >= 4 is 5.97 Å². The van der Waals surface area contributed by atoms with E-state index in [1.807, 2.05) is 0 Å². The number of halogens is 2. The molecule has 88 valence electrons. The Bertz CT molecular complexity index is 409. The maximum absolute atomic E-state index is 13.3. The zero-order chi connectivity index (χ0) is 12.3. The summed E-state index contributed by atoms with van der Waals surface area (Å²) in [6.45, 7) is 0. The van der Waals surface area contributed by atoms with Crippen molar-refractivity contribution in [2.75, 3.05) is 7.11 Å². The summed E-state index contributed by atoms with van der Waals surface area (Å²) in [4.78, 5) is 10.4. The molecule has 0 bridgehead atoms. The van der Waals surface area contributed by atoms with Gasteiger partial charge in [-0.1, -0.05) is 0 Å². The minimum Gasteiger partial charge on any atom is -0.494 e. The van der Waals surface area contributed by atoms with Crippen LogP contribution in [0.25, 0.3) is 0 Å². The molecule has 3 N–H and O–H groups in total. The lowest BCUT2D eigenvalue weighted by molar-refractivity contribution is -0.137. The largest absolute Gasteiger partial charge is 0.494 e. The molecule has 0 heterocycles. The Morgan fingerprint density at radius 1 is 1.50 bits per heavy atom. The minimum absolute atomic E-state index is 0.0827. The van der Waals surface area contributed by atoms with E-state index < -0.39 is 30.1 Å². The molecule has 0 fully saturated rings. The molecule has 0 spiro atoms. The lowest BCUT2D eigenvalue weighted by Crippen LogP contribution is -2.16. The molecule has 0 saturated heterocycles. The summed E-state index contributed by atoms with van der Waals surface area (Å²) in [5.41, 5.74) is 5.39. The molecule has 1 atom stereocenters. The minimum atomic E-state index is -1.16. The summed E-state index contributed by atoms with van der Waals surface area (Å²) < 4.78 is 31.0. The Balaban J connectivity index is 3.08. The van der Waals surface area contributed by atoms with Gasteiger partial charge in [0.05, 0.1) is 13.5 Å². The van der Waals surface area contributed by atoms with Crippen LogP contribution in [0, 0.1) is 11.6 Å². The van der Waals surface area contributed by atoms with Crippen molar-refractivity contribution < 1.29 is 23.4 Å². The van der Waals surface area contributed by atoms with E-state index in [4.69, 9.17) is 10.8 Å². The first-order chi connectivity index (χ1) is 7.45. The van der Waals surface area contributed by atoms with Crippen molar-refractivity contribution in [1.82, 2.24) is 0 Å². The highest BCUT2D eigenvalue weighted by Crippen LogP contribution is 2.26. The summed E-state index contributed by atoms with van der Waals surface area (Å²) in [5.74, 6) is -3.06. The maximum Gasteiger partial charge on any atom is 0.305 e. The van der Waals surface area contributed by atoms with Crippen LogP contribution in [0.1, 0.15) is 18.0 Å². The molecule has 1 rings (SSSR count). The monoisotopic (exact) mass is 231 g/mol. The predicted octanol–water partition coefficient (Wildman–Crippen LogP) is 1.45. The highest BCUT2D eigenvalue weighted by molar-refractivity contribution is 5.68. The molecular formula is C10H11F2NO3. The number of aliphatic carboxylic acids is 1. The summed E-state index contributed by atoms with van der Waals surface area (Å²) in [6, 6.07) is 0.653. The second kappa shape index (κ2) is 4.89. The summed E-state index contributed by atoms with van der Waals surface area (Å²) in [5, 5.41) is 8.51. The smallest absolute Gasteiger partial charge is 0.305 e. The number of rotatable bonds is 4. The van der Waals surface area contributed by atoms with Crippen LogP contribution in [0.2, 0.25) is 0 Å². The first-order valence-corrected chi connectivity index (χ1v) is 4.46. The molecule has 0 aromatic heterocycles. The quantitative estimate of drug-likeness (QED) is 0.822. The molecule has 0 aliphatic carbocycles. The number of methoxy groups -OCH3 is 1. The van der Waals surface area contributed by atoms with E-state index in [9.17, 15) is 13.6 Å². The van der Waals surface area contributed by atoms with Crippen molar-refractivity contribution in [3.8, 4) is 5.75 Å². The highest BCUT2D eigenvalue weighted by Gasteiger charge is 2.18. The van der Waals surface area contributed by atoms with Gasteiger partial charge in [0.2, 0.25) is 0 Å². The van der Waals surface area contributed by atoms with Gasteiger partial charge in [0.15, 0.2) is 11.6 Å². The zero-order valence-corrected chi connectivity index (χ0v) is 8.54. The average molecular weight is 231 g/mol. The van der Waals surface area contributed by atoms with E-state index in [2.05, 4.69) is 4.74 Å². The van der Waals surface area contributed by atoms with E-state index in [-0.39, 0.29) is 11.3 Å². The lowest BCUT2D eigenvalue weighted by Gasteiger charge is -2.12. The van der Waals surface area contributed by atoms with Gasteiger partial charge in [-0.2, -0.15) is 0 Å². The van der Waals surface area contributed by atoms with Crippen molar-refractivity contribution in [3.05, 3.63) is 29.3 Å². The van der Waals surface area contributed by atoms with E-state index in [0.29, 0.717) is 6.07 Å². The van der Waals surface area contributed by atoms with E-state index >= 15 is 0 Å². The molecule has 0 radical (unpaired) electrons. The standard InChI is InChI=1S/C10H11F2NO3/c1-16-9-2-5(6(11)3-7(9)12)8(13)4-10(14)15/h2-3,8H,4,13H2,1H3,(H,14,15). The Labute approximate surface area is 90.6 Å². The Morgan fingerprint density at radius 2 is 2.12 bits per heavy atom. The number of benzene rings is 1. The molecule has 4 nitrogen and oxygen atoms in total. The van der Waals surface area contributed by atoms with Gasteiger partial charge in [-0.05, 0) is 6.07 Å².